The van der Waals surface area contributed by atoms with Gasteiger partial charge >= 0.3 is 0 Å². The summed E-state index contributed by atoms with van der Waals surface area (Å²) in [4.78, 5) is 16.7. The zero-order valence-electron chi connectivity index (χ0n) is 16.3. The van der Waals surface area contributed by atoms with Crippen LogP contribution in [0.25, 0.3) is 0 Å². The highest BCUT2D eigenvalue weighted by molar-refractivity contribution is 5.94. The van der Waals surface area contributed by atoms with E-state index in [1.165, 1.54) is 0 Å². The number of halogens is 1. The van der Waals surface area contributed by atoms with E-state index in [1.54, 1.807) is 24.3 Å². The molecule has 8 heteroatoms. The molecule has 0 saturated heterocycles. The zero-order chi connectivity index (χ0) is 19.2. The van der Waals surface area contributed by atoms with Gasteiger partial charge in [-0.2, -0.15) is 4.98 Å². The van der Waals surface area contributed by atoms with Crippen molar-refractivity contribution in [2.24, 2.45) is 11.7 Å². The van der Waals surface area contributed by atoms with Gasteiger partial charge in [0.2, 0.25) is 11.7 Å². The molecule has 0 radical (unpaired) electrons. The van der Waals surface area contributed by atoms with Crippen LogP contribution >= 0.6 is 12.4 Å². The fourth-order valence-electron chi connectivity index (χ4n) is 2.78. The summed E-state index contributed by atoms with van der Waals surface area (Å²) in [5, 5.41) is 6.87. The quantitative estimate of drug-likeness (QED) is 0.674. The smallest absolute Gasteiger partial charge is 0.251 e. The van der Waals surface area contributed by atoms with Gasteiger partial charge in [-0.05, 0) is 43.5 Å². The molecular weight excluding hydrogens is 368 g/mol. The van der Waals surface area contributed by atoms with Crippen LogP contribution in [0.4, 0.5) is 0 Å². The molecule has 1 amide bonds. The minimum absolute atomic E-state index is 0. The normalized spacial score (nSPS) is 13.0. The number of amides is 1. The molecule has 1 aromatic carbocycles. The molecule has 27 heavy (non-hydrogen) atoms. The summed E-state index contributed by atoms with van der Waals surface area (Å²) in [5.74, 6) is 2.01. The van der Waals surface area contributed by atoms with E-state index in [0.29, 0.717) is 41.9 Å². The number of nitrogens with zero attached hydrogens (tertiary/aromatic N) is 2. The van der Waals surface area contributed by atoms with Gasteiger partial charge in [-0.1, -0.05) is 25.9 Å². The summed E-state index contributed by atoms with van der Waals surface area (Å²) < 4.78 is 10.7. The number of hydrogen-bond acceptors (Lipinski definition) is 6. The number of rotatable bonds is 9. The Kier molecular flexibility index (Phi) is 8.72. The van der Waals surface area contributed by atoms with Crippen LogP contribution in [0, 0.1) is 5.92 Å². The van der Waals surface area contributed by atoms with Crippen LogP contribution in [-0.4, -0.2) is 28.1 Å². The molecule has 1 atom stereocenters. The van der Waals surface area contributed by atoms with Crippen LogP contribution in [0.15, 0.2) is 28.8 Å². The fourth-order valence-corrected chi connectivity index (χ4v) is 2.78. The number of aromatic nitrogens is 2. The molecule has 3 N–H and O–H groups in total. The van der Waals surface area contributed by atoms with Gasteiger partial charge in [-0.3, -0.25) is 4.79 Å². The van der Waals surface area contributed by atoms with Crippen LogP contribution in [0.5, 0.6) is 5.75 Å². The highest BCUT2D eigenvalue weighted by Crippen LogP contribution is 2.18. The van der Waals surface area contributed by atoms with E-state index < -0.39 is 5.54 Å². The Balaban J connectivity index is 0.00000364. The largest absolute Gasteiger partial charge is 0.485 e. The first-order valence-corrected chi connectivity index (χ1v) is 8.92. The van der Waals surface area contributed by atoms with E-state index in [4.69, 9.17) is 15.0 Å². The van der Waals surface area contributed by atoms with Crippen molar-refractivity contribution < 1.29 is 14.1 Å². The van der Waals surface area contributed by atoms with Gasteiger partial charge in [-0.25, -0.2) is 0 Å². The number of nitrogens with one attached hydrogen (secondary N) is 1. The van der Waals surface area contributed by atoms with Crippen LogP contribution in [0.1, 0.15) is 56.2 Å². The topological polar surface area (TPSA) is 103 Å². The molecule has 150 valence electrons. The van der Waals surface area contributed by atoms with Gasteiger partial charge in [0.05, 0.1) is 0 Å². The number of ether oxygens (including phenoxy) is 1. The molecule has 1 heterocycles. The van der Waals surface area contributed by atoms with Crippen molar-refractivity contribution in [1.82, 2.24) is 15.5 Å². The van der Waals surface area contributed by atoms with Gasteiger partial charge in [0.1, 0.15) is 5.75 Å². The second-order valence-electron chi connectivity index (χ2n) is 7.09. The minimum atomic E-state index is -0.421. The maximum Gasteiger partial charge on any atom is 0.251 e. The maximum atomic E-state index is 12.5. The Morgan fingerprint density at radius 2 is 2.00 bits per heavy atom. The molecule has 1 unspecified atom stereocenters. The molecule has 0 fully saturated rings. The van der Waals surface area contributed by atoms with Crippen LogP contribution in [-0.2, 0) is 13.0 Å². The third-order valence-corrected chi connectivity index (χ3v) is 4.02. The lowest BCUT2D eigenvalue weighted by Gasteiger charge is -2.31. The maximum absolute atomic E-state index is 12.5. The lowest BCUT2D eigenvalue weighted by atomic mass is 9.90. The fraction of sp³-hybridized carbons (Fsp3) is 0.526. The first-order chi connectivity index (χ1) is 12.3. The van der Waals surface area contributed by atoms with E-state index in [2.05, 4.69) is 29.3 Å². The second-order valence-corrected chi connectivity index (χ2v) is 7.09. The summed E-state index contributed by atoms with van der Waals surface area (Å²) in [6, 6.07) is 6.95. The zero-order valence-corrected chi connectivity index (χ0v) is 17.1. The van der Waals surface area contributed by atoms with E-state index >= 15 is 0 Å². The van der Waals surface area contributed by atoms with Crippen molar-refractivity contribution in [3.05, 3.63) is 41.5 Å². The Morgan fingerprint density at radius 3 is 2.52 bits per heavy atom. The minimum Gasteiger partial charge on any atom is -0.485 e. The molecule has 1 aromatic heterocycles. The molecule has 0 aliphatic heterocycles. The average Bonchev–Trinajstić information content (AvgIpc) is 3.07. The molecule has 0 spiro atoms. The van der Waals surface area contributed by atoms with Gasteiger partial charge in [0.15, 0.2) is 6.61 Å². The Bertz CT molecular complexity index is 718. The predicted octanol–water partition coefficient (Wildman–Crippen LogP) is 3.13. The number of nitrogens with two attached hydrogens (primary N) is 1. The monoisotopic (exact) mass is 396 g/mol. The van der Waals surface area contributed by atoms with Crippen molar-refractivity contribution in [3.63, 3.8) is 0 Å². The molecular formula is C19H29ClN4O3. The number of aryl methyl sites for hydroxylation is 1. The van der Waals surface area contributed by atoms with Crippen molar-refractivity contribution in [3.8, 4) is 5.75 Å². The van der Waals surface area contributed by atoms with Crippen LogP contribution in [0.3, 0.4) is 0 Å². The van der Waals surface area contributed by atoms with Crippen molar-refractivity contribution in [1.29, 1.82) is 0 Å². The predicted molar refractivity (Wildman–Crippen MR) is 106 cm³/mol. The van der Waals surface area contributed by atoms with Crippen LogP contribution < -0.4 is 15.8 Å². The highest BCUT2D eigenvalue weighted by atomic mass is 35.5. The second kappa shape index (κ2) is 10.3. The molecule has 7 nitrogen and oxygen atoms in total. The third kappa shape index (κ3) is 6.84. The van der Waals surface area contributed by atoms with E-state index in [9.17, 15) is 4.79 Å². The van der Waals surface area contributed by atoms with E-state index in [0.717, 1.165) is 6.42 Å². The van der Waals surface area contributed by atoms with Gasteiger partial charge in [0, 0.05) is 24.1 Å². The molecule has 0 bridgehead atoms. The molecule has 0 aliphatic carbocycles. The summed E-state index contributed by atoms with van der Waals surface area (Å²) >= 11 is 0. The van der Waals surface area contributed by atoms with Crippen molar-refractivity contribution in [2.75, 3.05) is 6.54 Å². The SMILES string of the molecule is CCc1nc(COc2ccc(C(=O)NC(C)(CN)CC(C)C)cc2)no1.Cl. The van der Waals surface area contributed by atoms with Gasteiger partial charge < -0.3 is 20.3 Å². The first-order valence-electron chi connectivity index (χ1n) is 8.92. The first kappa shape index (κ1) is 22.9. The van der Waals surface area contributed by atoms with E-state index in [-0.39, 0.29) is 24.9 Å². The average molecular weight is 397 g/mol. The summed E-state index contributed by atoms with van der Waals surface area (Å²) in [6.07, 6.45) is 1.51. The van der Waals surface area contributed by atoms with Crippen LogP contribution in [0.2, 0.25) is 0 Å². The Hall–Kier alpha value is -2.12. The Morgan fingerprint density at radius 1 is 1.33 bits per heavy atom. The third-order valence-electron chi connectivity index (χ3n) is 4.02. The Labute approximate surface area is 166 Å². The van der Waals surface area contributed by atoms with Crippen molar-refractivity contribution >= 4 is 18.3 Å². The number of benzene rings is 1. The number of carbonyl (C=O) groups excluding carboxylic acids is 1. The molecule has 0 aliphatic rings. The number of hydrogen-bond donors (Lipinski definition) is 2. The summed E-state index contributed by atoms with van der Waals surface area (Å²) in [7, 11) is 0. The standard InChI is InChI=1S/C19H28N4O3.ClH/c1-5-17-21-16(23-26-17)11-25-15-8-6-14(7-9-15)18(24)22-19(4,12-20)10-13(2)3;/h6-9,13H,5,10-12,20H2,1-4H3,(H,22,24);1H. The lowest BCUT2D eigenvalue weighted by molar-refractivity contribution is 0.0898. The number of carbonyl (C=O) groups is 1. The summed E-state index contributed by atoms with van der Waals surface area (Å²) in [6.45, 7) is 8.74. The molecule has 0 saturated carbocycles. The lowest BCUT2D eigenvalue weighted by Crippen LogP contribution is -2.52. The summed E-state index contributed by atoms with van der Waals surface area (Å²) in [5.41, 5.74) is 6.00. The van der Waals surface area contributed by atoms with Crippen molar-refractivity contribution in [2.45, 2.75) is 52.7 Å². The highest BCUT2D eigenvalue weighted by Gasteiger charge is 2.26. The molecule has 2 rings (SSSR count). The van der Waals surface area contributed by atoms with Gasteiger partial charge in [-0.15, -0.1) is 12.4 Å². The van der Waals surface area contributed by atoms with Gasteiger partial charge in [0.25, 0.3) is 5.91 Å². The van der Waals surface area contributed by atoms with E-state index in [1.807, 2.05) is 13.8 Å². The molecule has 2 aromatic rings.